The molecule has 0 fully saturated rings. The predicted octanol–water partition coefficient (Wildman–Crippen LogP) is 1.84. The van der Waals surface area contributed by atoms with Crippen molar-refractivity contribution in [3.05, 3.63) is 30.1 Å². The molecule has 2 atom stereocenters. The molecule has 0 unspecified atom stereocenters. The number of hydrogen-bond donors (Lipinski definition) is 3. The fourth-order valence-electron chi connectivity index (χ4n) is 2.41. The van der Waals surface area contributed by atoms with Gasteiger partial charge in [-0.1, -0.05) is 27.7 Å². The molecular formula is C18H27N3O4. The van der Waals surface area contributed by atoms with Crippen LogP contribution < -0.4 is 10.6 Å². The zero-order valence-corrected chi connectivity index (χ0v) is 15.2. The van der Waals surface area contributed by atoms with Gasteiger partial charge in [0.15, 0.2) is 0 Å². The summed E-state index contributed by atoms with van der Waals surface area (Å²) < 4.78 is 0. The molecule has 0 radical (unpaired) electrons. The maximum absolute atomic E-state index is 12.5. The highest BCUT2D eigenvalue weighted by molar-refractivity contribution is 5.97. The lowest BCUT2D eigenvalue weighted by Gasteiger charge is -2.23. The van der Waals surface area contributed by atoms with Crippen molar-refractivity contribution in [2.75, 3.05) is 0 Å². The second-order valence-electron chi connectivity index (χ2n) is 6.93. The highest BCUT2D eigenvalue weighted by Gasteiger charge is 2.27. The standard InChI is InChI=1S/C18H27N3O4/c1-11(2)8-14(20-16(22)13-6-5-7-19-10-13)17(23)21-15(18(24)25)9-12(3)4/h5-7,10-12,14-15H,8-9H2,1-4H3,(H,20,22)(H,21,23)(H,24,25)/t14-,15-/m0/s1. The Bertz CT molecular complexity index is 587. The van der Waals surface area contributed by atoms with E-state index >= 15 is 0 Å². The molecule has 0 aliphatic heterocycles. The average molecular weight is 349 g/mol. The Labute approximate surface area is 148 Å². The Kier molecular flexibility index (Phi) is 8.04. The van der Waals surface area contributed by atoms with Crippen molar-refractivity contribution in [1.29, 1.82) is 0 Å². The molecule has 1 rings (SSSR count). The van der Waals surface area contributed by atoms with Crippen LogP contribution in [0.1, 0.15) is 50.9 Å². The van der Waals surface area contributed by atoms with Gasteiger partial charge in [0.25, 0.3) is 5.91 Å². The van der Waals surface area contributed by atoms with Crippen LogP contribution in [-0.4, -0.2) is 40.0 Å². The highest BCUT2D eigenvalue weighted by atomic mass is 16.4. The largest absolute Gasteiger partial charge is 0.480 e. The maximum atomic E-state index is 12.5. The van der Waals surface area contributed by atoms with Gasteiger partial charge >= 0.3 is 5.97 Å². The monoisotopic (exact) mass is 349 g/mol. The van der Waals surface area contributed by atoms with Gasteiger partial charge in [-0.2, -0.15) is 0 Å². The first-order chi connectivity index (χ1) is 11.7. The van der Waals surface area contributed by atoms with E-state index in [0.717, 1.165) is 0 Å². The second-order valence-corrected chi connectivity index (χ2v) is 6.93. The molecule has 1 heterocycles. The van der Waals surface area contributed by atoms with E-state index in [0.29, 0.717) is 18.4 Å². The maximum Gasteiger partial charge on any atom is 0.326 e. The molecule has 3 N–H and O–H groups in total. The van der Waals surface area contributed by atoms with Crippen LogP contribution in [0.15, 0.2) is 24.5 Å². The molecule has 0 saturated carbocycles. The van der Waals surface area contributed by atoms with Gasteiger partial charge in [0.1, 0.15) is 12.1 Å². The molecule has 7 heteroatoms. The first-order valence-corrected chi connectivity index (χ1v) is 8.44. The number of pyridine rings is 1. The van der Waals surface area contributed by atoms with E-state index in [1.165, 1.54) is 6.20 Å². The van der Waals surface area contributed by atoms with E-state index in [1.54, 1.807) is 18.3 Å². The quantitative estimate of drug-likeness (QED) is 0.630. The zero-order valence-electron chi connectivity index (χ0n) is 15.2. The van der Waals surface area contributed by atoms with Gasteiger partial charge in [0.05, 0.1) is 5.56 Å². The Balaban J connectivity index is 2.84. The molecular weight excluding hydrogens is 322 g/mol. The van der Waals surface area contributed by atoms with E-state index < -0.39 is 29.9 Å². The minimum absolute atomic E-state index is 0.120. The number of carbonyl (C=O) groups is 3. The van der Waals surface area contributed by atoms with Crippen LogP contribution in [0.2, 0.25) is 0 Å². The van der Waals surface area contributed by atoms with Gasteiger partial charge in [-0.25, -0.2) is 4.79 Å². The van der Waals surface area contributed by atoms with Crippen molar-refractivity contribution in [3.8, 4) is 0 Å². The van der Waals surface area contributed by atoms with Gasteiger partial charge in [-0.15, -0.1) is 0 Å². The Morgan fingerprint density at radius 1 is 1.04 bits per heavy atom. The van der Waals surface area contributed by atoms with Gasteiger partial charge in [-0.05, 0) is 36.8 Å². The molecule has 138 valence electrons. The highest BCUT2D eigenvalue weighted by Crippen LogP contribution is 2.09. The minimum atomic E-state index is -1.08. The van der Waals surface area contributed by atoms with Crippen molar-refractivity contribution >= 4 is 17.8 Å². The zero-order chi connectivity index (χ0) is 19.0. The number of aliphatic carboxylic acids is 1. The summed E-state index contributed by atoms with van der Waals surface area (Å²) in [7, 11) is 0. The van der Waals surface area contributed by atoms with Crippen molar-refractivity contribution in [2.24, 2.45) is 11.8 Å². The molecule has 25 heavy (non-hydrogen) atoms. The summed E-state index contributed by atoms with van der Waals surface area (Å²) in [4.78, 5) is 40.1. The number of carbonyl (C=O) groups excluding carboxylic acids is 2. The van der Waals surface area contributed by atoms with Crippen LogP contribution in [0.5, 0.6) is 0 Å². The lowest BCUT2D eigenvalue weighted by atomic mass is 10.0. The summed E-state index contributed by atoms with van der Waals surface area (Å²) in [6, 6.07) is 1.46. The normalized spacial score (nSPS) is 13.4. The van der Waals surface area contributed by atoms with E-state index in [1.807, 2.05) is 27.7 Å². The van der Waals surface area contributed by atoms with Crippen molar-refractivity contribution < 1.29 is 19.5 Å². The van der Waals surface area contributed by atoms with Gasteiger partial charge in [0, 0.05) is 12.4 Å². The van der Waals surface area contributed by atoms with Crippen molar-refractivity contribution in [2.45, 2.75) is 52.6 Å². The molecule has 0 aliphatic carbocycles. The summed E-state index contributed by atoms with van der Waals surface area (Å²) in [5.74, 6) is -1.71. The second kappa shape index (κ2) is 9.76. The molecule has 1 aromatic rings. The van der Waals surface area contributed by atoms with E-state index in [2.05, 4.69) is 15.6 Å². The topological polar surface area (TPSA) is 108 Å². The molecule has 1 aromatic heterocycles. The number of nitrogens with zero attached hydrogens (tertiary/aromatic N) is 1. The summed E-state index contributed by atoms with van der Waals surface area (Å²) in [6.07, 6.45) is 3.70. The van der Waals surface area contributed by atoms with Crippen LogP contribution in [0.3, 0.4) is 0 Å². The van der Waals surface area contributed by atoms with E-state index in [9.17, 15) is 19.5 Å². The minimum Gasteiger partial charge on any atom is -0.480 e. The van der Waals surface area contributed by atoms with E-state index in [-0.39, 0.29) is 11.8 Å². The lowest BCUT2D eigenvalue weighted by Crippen LogP contribution is -2.52. The number of hydrogen-bond acceptors (Lipinski definition) is 4. The molecule has 0 spiro atoms. The molecule has 2 amide bonds. The number of carboxylic acid groups (broad SMARTS) is 1. The molecule has 0 saturated heterocycles. The van der Waals surface area contributed by atoms with Crippen LogP contribution in [0, 0.1) is 11.8 Å². The number of aromatic nitrogens is 1. The lowest BCUT2D eigenvalue weighted by molar-refractivity contribution is -0.142. The first-order valence-electron chi connectivity index (χ1n) is 8.44. The first kappa shape index (κ1) is 20.6. The third-order valence-electron chi connectivity index (χ3n) is 3.57. The number of carboxylic acids is 1. The summed E-state index contributed by atoms with van der Waals surface area (Å²) in [5, 5.41) is 14.5. The fourth-order valence-corrected chi connectivity index (χ4v) is 2.41. The summed E-state index contributed by atoms with van der Waals surface area (Å²) in [6.45, 7) is 7.63. The third kappa shape index (κ3) is 7.32. The SMILES string of the molecule is CC(C)C[C@H](NC(=O)[C@H](CC(C)C)NC(=O)c1cccnc1)C(=O)O. The summed E-state index contributed by atoms with van der Waals surface area (Å²) >= 11 is 0. The number of nitrogens with one attached hydrogen (secondary N) is 2. The average Bonchev–Trinajstić information content (AvgIpc) is 2.53. The number of amides is 2. The van der Waals surface area contributed by atoms with Crippen LogP contribution in [0.4, 0.5) is 0 Å². The van der Waals surface area contributed by atoms with E-state index in [4.69, 9.17) is 0 Å². The third-order valence-corrected chi connectivity index (χ3v) is 3.57. The van der Waals surface area contributed by atoms with Gasteiger partial charge in [0.2, 0.25) is 5.91 Å². The number of rotatable bonds is 9. The van der Waals surface area contributed by atoms with Crippen molar-refractivity contribution in [1.82, 2.24) is 15.6 Å². The van der Waals surface area contributed by atoms with Gasteiger partial charge in [-0.3, -0.25) is 14.6 Å². The molecule has 0 aliphatic rings. The summed E-state index contributed by atoms with van der Waals surface area (Å²) in [5.41, 5.74) is 0.348. The van der Waals surface area contributed by atoms with Gasteiger partial charge < -0.3 is 15.7 Å². The Morgan fingerprint density at radius 3 is 2.12 bits per heavy atom. The van der Waals surface area contributed by atoms with Crippen LogP contribution in [0.25, 0.3) is 0 Å². The molecule has 0 aromatic carbocycles. The molecule has 7 nitrogen and oxygen atoms in total. The van der Waals surface area contributed by atoms with Crippen molar-refractivity contribution in [3.63, 3.8) is 0 Å². The Hall–Kier alpha value is -2.44. The Morgan fingerprint density at radius 2 is 1.64 bits per heavy atom. The van der Waals surface area contributed by atoms with Crippen LogP contribution >= 0.6 is 0 Å². The molecule has 0 bridgehead atoms. The fraction of sp³-hybridized carbons (Fsp3) is 0.556. The smallest absolute Gasteiger partial charge is 0.326 e. The van der Waals surface area contributed by atoms with Crippen LogP contribution in [-0.2, 0) is 9.59 Å². The predicted molar refractivity (Wildman–Crippen MR) is 94.0 cm³/mol.